The SMILES string of the molecule is C=CC[C@@H](C)/C=C\C(=C)Cl. The minimum absolute atomic E-state index is 0.507. The molecule has 10 heavy (non-hydrogen) atoms. The second-order valence-electron chi connectivity index (χ2n) is 2.31. The molecule has 0 N–H and O–H groups in total. The lowest BCUT2D eigenvalue weighted by atomic mass is 10.1. The molecule has 0 heterocycles. The topological polar surface area (TPSA) is 0 Å². The van der Waals surface area contributed by atoms with E-state index in [9.17, 15) is 0 Å². The second-order valence-corrected chi connectivity index (χ2v) is 2.79. The Balaban J connectivity index is 3.65. The summed E-state index contributed by atoms with van der Waals surface area (Å²) in [4.78, 5) is 0. The first-order valence-corrected chi connectivity index (χ1v) is 3.68. The van der Waals surface area contributed by atoms with Crippen molar-refractivity contribution in [2.45, 2.75) is 13.3 Å². The first-order valence-electron chi connectivity index (χ1n) is 3.30. The number of rotatable bonds is 4. The van der Waals surface area contributed by atoms with Gasteiger partial charge in [0.05, 0.1) is 0 Å². The molecular weight excluding hydrogens is 144 g/mol. The van der Waals surface area contributed by atoms with Crippen molar-refractivity contribution in [1.29, 1.82) is 0 Å². The summed E-state index contributed by atoms with van der Waals surface area (Å²) < 4.78 is 0. The average Bonchev–Trinajstić information content (AvgIpc) is 1.85. The molecule has 56 valence electrons. The summed E-state index contributed by atoms with van der Waals surface area (Å²) in [5, 5.41) is 0.580. The smallest absolute Gasteiger partial charge is 0.0331 e. The van der Waals surface area contributed by atoms with Crippen LogP contribution >= 0.6 is 11.6 Å². The Morgan fingerprint density at radius 2 is 2.30 bits per heavy atom. The molecule has 0 bridgehead atoms. The molecule has 1 heteroatoms. The summed E-state index contributed by atoms with van der Waals surface area (Å²) in [5.41, 5.74) is 0. The number of hydrogen-bond donors (Lipinski definition) is 0. The van der Waals surface area contributed by atoms with Gasteiger partial charge in [0.15, 0.2) is 0 Å². The molecule has 0 saturated carbocycles. The minimum atomic E-state index is 0.507. The van der Waals surface area contributed by atoms with Crippen molar-refractivity contribution >= 4 is 11.6 Å². The molecule has 0 rings (SSSR count). The van der Waals surface area contributed by atoms with Crippen molar-refractivity contribution in [3.63, 3.8) is 0 Å². The standard InChI is InChI=1S/C9H13Cl/c1-4-5-8(2)6-7-9(3)10/h4,6-8H,1,3,5H2,2H3/b7-6-/t8-/m1/s1. The predicted molar refractivity (Wildman–Crippen MR) is 48.1 cm³/mol. The van der Waals surface area contributed by atoms with Crippen LogP contribution in [0.3, 0.4) is 0 Å². The lowest BCUT2D eigenvalue weighted by Crippen LogP contribution is -1.84. The van der Waals surface area contributed by atoms with Crippen LogP contribution in [0.2, 0.25) is 0 Å². The Labute approximate surface area is 67.9 Å². The van der Waals surface area contributed by atoms with E-state index in [1.54, 1.807) is 0 Å². The molecule has 1 atom stereocenters. The molecule has 0 aromatic heterocycles. The van der Waals surface area contributed by atoms with Crippen LogP contribution in [0, 0.1) is 5.92 Å². The van der Waals surface area contributed by atoms with Gasteiger partial charge in [0.1, 0.15) is 0 Å². The fourth-order valence-corrected chi connectivity index (χ4v) is 0.683. The Morgan fingerprint density at radius 1 is 1.70 bits per heavy atom. The summed E-state index contributed by atoms with van der Waals surface area (Å²) in [7, 11) is 0. The third-order valence-electron chi connectivity index (χ3n) is 1.14. The number of allylic oxidation sites excluding steroid dienone is 4. The molecule has 0 aromatic carbocycles. The molecule has 0 aromatic rings. The van der Waals surface area contributed by atoms with Crippen molar-refractivity contribution < 1.29 is 0 Å². The van der Waals surface area contributed by atoms with E-state index in [0.29, 0.717) is 11.0 Å². The molecule has 0 fully saturated rings. The fourth-order valence-electron chi connectivity index (χ4n) is 0.610. The van der Waals surface area contributed by atoms with Gasteiger partial charge in [-0.25, -0.2) is 0 Å². The van der Waals surface area contributed by atoms with Crippen LogP contribution in [-0.4, -0.2) is 0 Å². The summed E-state index contributed by atoms with van der Waals surface area (Å²) in [6, 6.07) is 0. The van der Waals surface area contributed by atoms with Crippen molar-refractivity contribution in [2.24, 2.45) is 5.92 Å². The van der Waals surface area contributed by atoms with Crippen molar-refractivity contribution in [3.8, 4) is 0 Å². The van der Waals surface area contributed by atoms with E-state index in [4.69, 9.17) is 11.6 Å². The molecule has 0 saturated heterocycles. The highest BCUT2D eigenvalue weighted by atomic mass is 35.5. The molecular formula is C9H13Cl. The van der Waals surface area contributed by atoms with Gasteiger partial charge in [-0.15, -0.1) is 6.58 Å². The van der Waals surface area contributed by atoms with Gasteiger partial charge >= 0.3 is 0 Å². The molecule has 0 aliphatic rings. The zero-order chi connectivity index (χ0) is 7.98. The van der Waals surface area contributed by atoms with Gasteiger partial charge in [0, 0.05) is 5.03 Å². The molecule has 0 aliphatic carbocycles. The van der Waals surface area contributed by atoms with E-state index in [2.05, 4.69) is 20.1 Å². The van der Waals surface area contributed by atoms with Gasteiger partial charge in [-0.3, -0.25) is 0 Å². The third kappa shape index (κ3) is 5.64. The maximum Gasteiger partial charge on any atom is 0.0331 e. The molecule has 0 amide bonds. The summed E-state index contributed by atoms with van der Waals surface area (Å²) in [6.07, 6.45) is 6.72. The Bertz CT molecular complexity index is 145. The summed E-state index contributed by atoms with van der Waals surface area (Å²) >= 11 is 5.51. The van der Waals surface area contributed by atoms with Crippen LogP contribution in [0.5, 0.6) is 0 Å². The zero-order valence-electron chi connectivity index (χ0n) is 6.31. The highest BCUT2D eigenvalue weighted by Gasteiger charge is 1.90. The van der Waals surface area contributed by atoms with E-state index in [1.807, 2.05) is 18.2 Å². The van der Waals surface area contributed by atoms with Crippen LogP contribution in [0.4, 0.5) is 0 Å². The molecule has 0 spiro atoms. The Hall–Kier alpha value is -0.490. The van der Waals surface area contributed by atoms with Gasteiger partial charge < -0.3 is 0 Å². The lowest BCUT2D eigenvalue weighted by molar-refractivity contribution is 0.745. The van der Waals surface area contributed by atoms with E-state index in [0.717, 1.165) is 6.42 Å². The van der Waals surface area contributed by atoms with Gasteiger partial charge in [0.25, 0.3) is 0 Å². The maximum atomic E-state index is 5.51. The van der Waals surface area contributed by atoms with Crippen LogP contribution < -0.4 is 0 Å². The largest absolute Gasteiger partial charge is 0.103 e. The van der Waals surface area contributed by atoms with E-state index < -0.39 is 0 Å². The Morgan fingerprint density at radius 3 is 2.70 bits per heavy atom. The lowest BCUT2D eigenvalue weighted by Gasteiger charge is -1.98. The minimum Gasteiger partial charge on any atom is -0.103 e. The van der Waals surface area contributed by atoms with E-state index in [-0.39, 0.29) is 0 Å². The molecule has 0 nitrogen and oxygen atoms in total. The van der Waals surface area contributed by atoms with Crippen LogP contribution in [0.25, 0.3) is 0 Å². The third-order valence-corrected chi connectivity index (χ3v) is 1.27. The van der Waals surface area contributed by atoms with Crippen LogP contribution in [0.15, 0.2) is 36.4 Å². The number of hydrogen-bond acceptors (Lipinski definition) is 0. The molecule has 0 aliphatic heterocycles. The normalized spacial score (nSPS) is 13.4. The monoisotopic (exact) mass is 156 g/mol. The molecule has 0 unspecified atom stereocenters. The predicted octanol–water partition coefficient (Wildman–Crippen LogP) is 3.51. The summed E-state index contributed by atoms with van der Waals surface area (Å²) in [6.45, 7) is 9.29. The van der Waals surface area contributed by atoms with Crippen molar-refractivity contribution in [1.82, 2.24) is 0 Å². The fraction of sp³-hybridized carbons (Fsp3) is 0.333. The van der Waals surface area contributed by atoms with Crippen molar-refractivity contribution in [2.75, 3.05) is 0 Å². The van der Waals surface area contributed by atoms with E-state index >= 15 is 0 Å². The average molecular weight is 157 g/mol. The van der Waals surface area contributed by atoms with Crippen LogP contribution in [0.1, 0.15) is 13.3 Å². The van der Waals surface area contributed by atoms with Crippen LogP contribution in [-0.2, 0) is 0 Å². The zero-order valence-corrected chi connectivity index (χ0v) is 7.06. The van der Waals surface area contributed by atoms with Gasteiger partial charge in [0.2, 0.25) is 0 Å². The van der Waals surface area contributed by atoms with E-state index in [1.165, 1.54) is 0 Å². The first-order chi connectivity index (χ1) is 4.66. The van der Waals surface area contributed by atoms with Crippen molar-refractivity contribution in [3.05, 3.63) is 36.4 Å². The van der Waals surface area contributed by atoms with Gasteiger partial charge in [-0.05, 0) is 18.4 Å². The Kier molecular flexibility index (Phi) is 5.05. The first kappa shape index (κ1) is 9.51. The van der Waals surface area contributed by atoms with Gasteiger partial charge in [-0.1, -0.05) is 37.3 Å². The number of halogens is 1. The summed E-state index contributed by atoms with van der Waals surface area (Å²) in [5.74, 6) is 0.507. The quantitative estimate of drug-likeness (QED) is 0.432. The highest BCUT2D eigenvalue weighted by molar-refractivity contribution is 6.30. The second kappa shape index (κ2) is 5.31. The highest BCUT2D eigenvalue weighted by Crippen LogP contribution is 2.07. The maximum absolute atomic E-state index is 5.51. The molecule has 0 radical (unpaired) electrons. The van der Waals surface area contributed by atoms with Gasteiger partial charge in [-0.2, -0.15) is 0 Å².